The zero-order chi connectivity index (χ0) is 14.3. The van der Waals surface area contributed by atoms with Crippen molar-refractivity contribution < 1.29 is 28.6 Å². The van der Waals surface area contributed by atoms with E-state index in [9.17, 15) is 14.4 Å². The van der Waals surface area contributed by atoms with Gasteiger partial charge in [0, 0.05) is 0 Å². The Labute approximate surface area is 107 Å². The van der Waals surface area contributed by atoms with E-state index in [1.807, 2.05) is 0 Å². The molecule has 9 nitrogen and oxygen atoms in total. The summed E-state index contributed by atoms with van der Waals surface area (Å²) < 4.78 is 9.32. The molecule has 0 saturated carbocycles. The lowest BCUT2D eigenvalue weighted by Crippen LogP contribution is -2.37. The van der Waals surface area contributed by atoms with Crippen molar-refractivity contribution in [1.82, 2.24) is 10.6 Å². The maximum absolute atomic E-state index is 11.2. The summed E-state index contributed by atoms with van der Waals surface area (Å²) in [5.74, 6) is -1.08. The lowest BCUT2D eigenvalue weighted by Gasteiger charge is -2.06. The SMILES string of the molecule is NC(=O)OCCNC(=O)NCc1ccc(C(=O)O)o1. The van der Waals surface area contributed by atoms with E-state index in [4.69, 9.17) is 15.3 Å². The van der Waals surface area contributed by atoms with E-state index < -0.39 is 18.1 Å². The van der Waals surface area contributed by atoms with Crippen molar-refractivity contribution in [2.24, 2.45) is 5.73 Å². The first kappa shape index (κ1) is 14.4. The molecule has 0 atom stereocenters. The number of ether oxygens (including phenoxy) is 1. The Morgan fingerprint density at radius 3 is 2.63 bits per heavy atom. The monoisotopic (exact) mass is 271 g/mol. The normalized spacial score (nSPS) is 9.68. The van der Waals surface area contributed by atoms with Crippen LogP contribution in [0.4, 0.5) is 9.59 Å². The Kier molecular flexibility index (Phi) is 5.20. The highest BCUT2D eigenvalue weighted by Crippen LogP contribution is 2.07. The van der Waals surface area contributed by atoms with Crippen molar-refractivity contribution in [3.63, 3.8) is 0 Å². The third kappa shape index (κ3) is 5.44. The molecule has 0 fully saturated rings. The van der Waals surface area contributed by atoms with E-state index in [0.29, 0.717) is 5.76 Å². The van der Waals surface area contributed by atoms with Gasteiger partial charge in [0.15, 0.2) is 0 Å². The topological polar surface area (TPSA) is 144 Å². The molecule has 19 heavy (non-hydrogen) atoms. The molecule has 0 aliphatic carbocycles. The minimum atomic E-state index is -1.18. The number of amides is 3. The fraction of sp³-hybridized carbons (Fsp3) is 0.300. The van der Waals surface area contributed by atoms with Crippen molar-refractivity contribution in [3.05, 3.63) is 23.7 Å². The molecule has 0 bridgehead atoms. The van der Waals surface area contributed by atoms with E-state index in [0.717, 1.165) is 0 Å². The molecule has 1 aromatic rings. The molecule has 0 aliphatic heterocycles. The number of aromatic carboxylic acids is 1. The number of primary amides is 1. The highest BCUT2D eigenvalue weighted by Gasteiger charge is 2.09. The lowest BCUT2D eigenvalue weighted by atomic mass is 10.4. The molecule has 1 heterocycles. The summed E-state index contributed by atoms with van der Waals surface area (Å²) in [6.45, 7) is 0.107. The van der Waals surface area contributed by atoms with E-state index in [2.05, 4.69) is 15.4 Å². The molecular weight excluding hydrogens is 258 g/mol. The van der Waals surface area contributed by atoms with Crippen molar-refractivity contribution in [2.75, 3.05) is 13.2 Å². The van der Waals surface area contributed by atoms with Crippen LogP contribution in [-0.4, -0.2) is 36.4 Å². The number of nitrogens with one attached hydrogen (secondary N) is 2. The predicted octanol–water partition coefficient (Wildman–Crippen LogP) is -0.128. The predicted molar refractivity (Wildman–Crippen MR) is 61.4 cm³/mol. The Morgan fingerprint density at radius 1 is 1.32 bits per heavy atom. The number of nitrogens with two attached hydrogens (primary N) is 1. The Hall–Kier alpha value is -2.71. The first-order chi connectivity index (χ1) is 8.99. The molecule has 0 spiro atoms. The Balaban J connectivity index is 2.22. The summed E-state index contributed by atoms with van der Waals surface area (Å²) >= 11 is 0. The fourth-order valence-electron chi connectivity index (χ4n) is 1.13. The zero-order valence-corrected chi connectivity index (χ0v) is 9.84. The molecule has 1 aromatic heterocycles. The van der Waals surface area contributed by atoms with Crippen molar-refractivity contribution >= 4 is 18.1 Å². The summed E-state index contributed by atoms with van der Waals surface area (Å²) in [5.41, 5.74) is 4.72. The average molecular weight is 271 g/mol. The summed E-state index contributed by atoms with van der Waals surface area (Å²) in [5, 5.41) is 13.4. The molecule has 104 valence electrons. The highest BCUT2D eigenvalue weighted by molar-refractivity contribution is 5.84. The van der Waals surface area contributed by atoms with Gasteiger partial charge in [-0.15, -0.1) is 0 Å². The van der Waals surface area contributed by atoms with Gasteiger partial charge < -0.3 is 30.6 Å². The lowest BCUT2D eigenvalue weighted by molar-refractivity contribution is 0.0660. The Bertz CT molecular complexity index is 470. The van der Waals surface area contributed by atoms with Gasteiger partial charge >= 0.3 is 18.1 Å². The van der Waals surface area contributed by atoms with E-state index in [1.165, 1.54) is 12.1 Å². The van der Waals surface area contributed by atoms with Crippen LogP contribution < -0.4 is 16.4 Å². The standard InChI is InChI=1S/C10H13N3O6/c11-9(16)18-4-3-12-10(17)13-5-6-1-2-7(19-6)8(14)15/h1-2H,3-5H2,(H2,11,16)(H,14,15)(H2,12,13,17). The Morgan fingerprint density at radius 2 is 2.05 bits per heavy atom. The molecule has 9 heteroatoms. The van der Waals surface area contributed by atoms with Crippen LogP contribution in [0.5, 0.6) is 0 Å². The van der Waals surface area contributed by atoms with Gasteiger partial charge in [-0.3, -0.25) is 0 Å². The third-order valence-electron chi connectivity index (χ3n) is 1.93. The smallest absolute Gasteiger partial charge is 0.404 e. The van der Waals surface area contributed by atoms with Crippen LogP contribution in [0, 0.1) is 0 Å². The number of carboxylic acids is 1. The van der Waals surface area contributed by atoms with Crippen LogP contribution in [0.1, 0.15) is 16.3 Å². The molecule has 0 radical (unpaired) electrons. The van der Waals surface area contributed by atoms with E-state index >= 15 is 0 Å². The van der Waals surface area contributed by atoms with Crippen LogP contribution >= 0.6 is 0 Å². The molecular formula is C10H13N3O6. The fourth-order valence-corrected chi connectivity index (χ4v) is 1.13. The second kappa shape index (κ2) is 6.89. The van der Waals surface area contributed by atoms with Gasteiger partial charge in [0.25, 0.3) is 0 Å². The van der Waals surface area contributed by atoms with Crippen molar-refractivity contribution in [2.45, 2.75) is 6.54 Å². The second-order valence-electron chi connectivity index (χ2n) is 3.35. The summed E-state index contributed by atoms with van der Waals surface area (Å²) in [6.07, 6.45) is -0.918. The van der Waals surface area contributed by atoms with Gasteiger partial charge in [-0.2, -0.15) is 0 Å². The number of rotatable bonds is 6. The van der Waals surface area contributed by atoms with Crippen LogP contribution in [0.2, 0.25) is 0 Å². The molecule has 3 amide bonds. The van der Waals surface area contributed by atoms with Crippen molar-refractivity contribution in [3.8, 4) is 0 Å². The van der Waals surface area contributed by atoms with Crippen LogP contribution in [0.3, 0.4) is 0 Å². The number of carbonyl (C=O) groups excluding carboxylic acids is 2. The number of carboxylic acid groups (broad SMARTS) is 1. The first-order valence-electron chi connectivity index (χ1n) is 5.25. The van der Waals surface area contributed by atoms with Crippen LogP contribution in [0.15, 0.2) is 16.5 Å². The van der Waals surface area contributed by atoms with Crippen molar-refractivity contribution in [1.29, 1.82) is 0 Å². The maximum atomic E-state index is 11.2. The minimum Gasteiger partial charge on any atom is -0.475 e. The molecule has 0 aromatic carbocycles. The van der Waals surface area contributed by atoms with Crippen LogP contribution in [-0.2, 0) is 11.3 Å². The molecule has 1 rings (SSSR count). The first-order valence-corrected chi connectivity index (χ1v) is 5.25. The van der Waals surface area contributed by atoms with Gasteiger partial charge in [0.05, 0.1) is 13.1 Å². The quantitative estimate of drug-likeness (QED) is 0.530. The van der Waals surface area contributed by atoms with Gasteiger partial charge in [-0.1, -0.05) is 0 Å². The maximum Gasteiger partial charge on any atom is 0.404 e. The second-order valence-corrected chi connectivity index (χ2v) is 3.35. The number of hydrogen-bond acceptors (Lipinski definition) is 5. The number of carbonyl (C=O) groups is 3. The number of hydrogen-bond donors (Lipinski definition) is 4. The largest absolute Gasteiger partial charge is 0.475 e. The number of urea groups is 1. The zero-order valence-electron chi connectivity index (χ0n) is 9.84. The van der Waals surface area contributed by atoms with Gasteiger partial charge in [-0.05, 0) is 12.1 Å². The van der Waals surface area contributed by atoms with Gasteiger partial charge in [0.1, 0.15) is 12.4 Å². The van der Waals surface area contributed by atoms with Gasteiger partial charge in [0.2, 0.25) is 5.76 Å². The molecule has 5 N–H and O–H groups in total. The highest BCUT2D eigenvalue weighted by atomic mass is 16.5. The molecule has 0 unspecified atom stereocenters. The summed E-state index contributed by atoms with van der Waals surface area (Å²) in [4.78, 5) is 32.0. The summed E-state index contributed by atoms with van der Waals surface area (Å²) in [6, 6.07) is 2.22. The minimum absolute atomic E-state index is 0.0351. The van der Waals surface area contributed by atoms with E-state index in [-0.39, 0.29) is 25.5 Å². The molecule has 0 saturated heterocycles. The van der Waals surface area contributed by atoms with Crippen LogP contribution in [0.25, 0.3) is 0 Å². The van der Waals surface area contributed by atoms with E-state index in [1.54, 1.807) is 0 Å². The summed E-state index contributed by atoms with van der Waals surface area (Å²) in [7, 11) is 0. The number of furan rings is 1. The molecule has 0 aliphatic rings. The average Bonchev–Trinajstić information content (AvgIpc) is 2.81. The van der Waals surface area contributed by atoms with Gasteiger partial charge in [-0.25, -0.2) is 14.4 Å². The third-order valence-corrected chi connectivity index (χ3v) is 1.93.